The van der Waals surface area contributed by atoms with E-state index in [0.29, 0.717) is 0 Å². The third-order valence-electron chi connectivity index (χ3n) is 2.09. The van der Waals surface area contributed by atoms with E-state index in [1.54, 1.807) is 0 Å². The SMILES string of the molecule is O=C(O)c1sccc1S(=O)(=O)Nc1ccc(Cl)nc1. The molecule has 2 heterocycles. The van der Waals surface area contributed by atoms with E-state index < -0.39 is 16.0 Å². The van der Waals surface area contributed by atoms with Crippen molar-refractivity contribution in [3.63, 3.8) is 0 Å². The first-order chi connectivity index (χ1) is 8.90. The highest BCUT2D eigenvalue weighted by atomic mass is 35.5. The molecule has 0 bridgehead atoms. The van der Waals surface area contributed by atoms with Crippen LogP contribution in [0.15, 0.2) is 34.7 Å². The lowest BCUT2D eigenvalue weighted by molar-refractivity contribution is 0.0698. The minimum atomic E-state index is -3.96. The summed E-state index contributed by atoms with van der Waals surface area (Å²) in [6.07, 6.45) is 1.24. The molecule has 0 unspecified atom stereocenters. The summed E-state index contributed by atoms with van der Waals surface area (Å²) in [7, 11) is -3.96. The summed E-state index contributed by atoms with van der Waals surface area (Å²) in [5, 5.41) is 10.5. The van der Waals surface area contributed by atoms with Gasteiger partial charge < -0.3 is 5.11 Å². The van der Waals surface area contributed by atoms with Crippen LogP contribution in [0.1, 0.15) is 9.67 Å². The number of nitrogens with one attached hydrogen (secondary N) is 1. The van der Waals surface area contributed by atoms with Gasteiger partial charge in [0, 0.05) is 0 Å². The Hall–Kier alpha value is -1.64. The van der Waals surface area contributed by atoms with E-state index in [0.717, 1.165) is 11.3 Å². The molecule has 100 valence electrons. The molecule has 2 N–H and O–H groups in total. The minimum absolute atomic E-state index is 0.201. The molecule has 0 amide bonds. The van der Waals surface area contributed by atoms with Gasteiger partial charge in [0.05, 0.1) is 11.9 Å². The molecule has 0 saturated heterocycles. The number of rotatable bonds is 4. The van der Waals surface area contributed by atoms with Crippen LogP contribution in [-0.4, -0.2) is 24.5 Å². The molecule has 0 aliphatic carbocycles. The molecule has 19 heavy (non-hydrogen) atoms. The van der Waals surface area contributed by atoms with Crippen molar-refractivity contribution in [2.24, 2.45) is 0 Å². The zero-order valence-corrected chi connectivity index (χ0v) is 11.6. The van der Waals surface area contributed by atoms with E-state index in [1.165, 1.54) is 29.8 Å². The van der Waals surface area contributed by atoms with Crippen molar-refractivity contribution < 1.29 is 18.3 Å². The molecule has 0 saturated carbocycles. The van der Waals surface area contributed by atoms with Gasteiger partial charge in [-0.25, -0.2) is 18.2 Å². The molecule has 6 nitrogen and oxygen atoms in total. The maximum absolute atomic E-state index is 12.0. The number of carboxylic acids is 1. The molecule has 0 aliphatic heterocycles. The van der Waals surface area contributed by atoms with Gasteiger partial charge in [0.15, 0.2) is 0 Å². The van der Waals surface area contributed by atoms with Crippen LogP contribution in [0.4, 0.5) is 5.69 Å². The number of hydrogen-bond acceptors (Lipinski definition) is 5. The number of pyridine rings is 1. The van der Waals surface area contributed by atoms with E-state index in [4.69, 9.17) is 16.7 Å². The summed E-state index contributed by atoms with van der Waals surface area (Å²) in [6.45, 7) is 0. The number of hydrogen-bond donors (Lipinski definition) is 2. The van der Waals surface area contributed by atoms with E-state index >= 15 is 0 Å². The maximum Gasteiger partial charge on any atom is 0.347 e. The molecule has 0 atom stereocenters. The van der Waals surface area contributed by atoms with Crippen LogP contribution in [-0.2, 0) is 10.0 Å². The van der Waals surface area contributed by atoms with Gasteiger partial charge >= 0.3 is 5.97 Å². The Morgan fingerprint density at radius 3 is 2.68 bits per heavy atom. The number of sulfonamides is 1. The number of anilines is 1. The third kappa shape index (κ3) is 3.03. The third-order valence-corrected chi connectivity index (χ3v) is 4.77. The summed E-state index contributed by atoms with van der Waals surface area (Å²) in [5.74, 6) is -1.29. The van der Waals surface area contributed by atoms with Crippen LogP contribution in [0.3, 0.4) is 0 Å². The summed E-state index contributed by atoms with van der Waals surface area (Å²) in [4.78, 5) is 14.1. The number of carboxylic acid groups (broad SMARTS) is 1. The van der Waals surface area contributed by atoms with Crippen LogP contribution in [0, 0.1) is 0 Å². The summed E-state index contributed by atoms with van der Waals surface area (Å²) < 4.78 is 26.3. The molecule has 0 radical (unpaired) electrons. The molecule has 0 aromatic carbocycles. The first-order valence-corrected chi connectivity index (χ1v) is 7.59. The summed E-state index contributed by atoms with van der Waals surface area (Å²) >= 11 is 6.43. The van der Waals surface area contributed by atoms with Gasteiger partial charge in [0.1, 0.15) is 14.9 Å². The number of aromatic carboxylic acids is 1. The second-order valence-electron chi connectivity index (χ2n) is 3.39. The molecular weight excluding hydrogens is 312 g/mol. The number of nitrogens with zero attached hydrogens (tertiary/aromatic N) is 1. The molecule has 0 spiro atoms. The van der Waals surface area contributed by atoms with Crippen LogP contribution in [0.25, 0.3) is 0 Å². The van der Waals surface area contributed by atoms with E-state index in [2.05, 4.69) is 9.71 Å². The highest BCUT2D eigenvalue weighted by Crippen LogP contribution is 2.24. The number of thiophene rings is 1. The van der Waals surface area contributed by atoms with Crippen LogP contribution in [0.5, 0.6) is 0 Å². The Morgan fingerprint density at radius 1 is 1.37 bits per heavy atom. The van der Waals surface area contributed by atoms with Gasteiger partial charge in [-0.15, -0.1) is 11.3 Å². The first-order valence-electron chi connectivity index (χ1n) is 4.85. The highest BCUT2D eigenvalue weighted by molar-refractivity contribution is 7.93. The van der Waals surface area contributed by atoms with E-state index in [1.807, 2.05) is 0 Å². The lowest BCUT2D eigenvalue weighted by atomic mass is 10.4. The van der Waals surface area contributed by atoms with Gasteiger partial charge in [0.2, 0.25) is 0 Å². The second-order valence-corrected chi connectivity index (χ2v) is 6.35. The topological polar surface area (TPSA) is 96.4 Å². The fraction of sp³-hybridized carbons (Fsp3) is 0. The van der Waals surface area contributed by atoms with Gasteiger partial charge in [-0.05, 0) is 23.6 Å². The normalized spacial score (nSPS) is 11.2. The van der Waals surface area contributed by atoms with Gasteiger partial charge in [-0.1, -0.05) is 11.6 Å². The molecule has 9 heteroatoms. The Bertz CT molecular complexity index is 709. The Kier molecular flexibility index (Phi) is 3.74. The zero-order chi connectivity index (χ0) is 14.0. The molecule has 0 fully saturated rings. The largest absolute Gasteiger partial charge is 0.477 e. The van der Waals surface area contributed by atoms with Crippen LogP contribution in [0.2, 0.25) is 5.15 Å². The van der Waals surface area contributed by atoms with Crippen molar-refractivity contribution in [3.05, 3.63) is 39.8 Å². The second kappa shape index (κ2) is 5.16. The standard InChI is InChI=1S/C10H7ClN2O4S2/c11-8-2-1-6(5-12-8)13-19(16,17)7-3-4-18-9(7)10(14)15/h1-5,13H,(H,14,15). The molecule has 2 rings (SSSR count). The average molecular weight is 319 g/mol. The number of carbonyl (C=O) groups is 1. The summed E-state index contributed by atoms with van der Waals surface area (Å²) in [5.41, 5.74) is 0.201. The van der Waals surface area contributed by atoms with Crippen molar-refractivity contribution in [2.45, 2.75) is 4.90 Å². The average Bonchev–Trinajstić information content (AvgIpc) is 2.82. The van der Waals surface area contributed by atoms with Gasteiger partial charge in [-0.3, -0.25) is 4.72 Å². The lowest BCUT2D eigenvalue weighted by Gasteiger charge is -2.07. The zero-order valence-electron chi connectivity index (χ0n) is 9.20. The highest BCUT2D eigenvalue weighted by Gasteiger charge is 2.23. The molecule has 2 aromatic rings. The van der Waals surface area contributed by atoms with Crippen molar-refractivity contribution in [1.82, 2.24) is 4.98 Å². The minimum Gasteiger partial charge on any atom is -0.477 e. The fourth-order valence-corrected chi connectivity index (χ4v) is 3.73. The Labute approximate surface area is 117 Å². The summed E-state index contributed by atoms with van der Waals surface area (Å²) in [6, 6.07) is 4.09. The van der Waals surface area contributed by atoms with Crippen molar-refractivity contribution in [3.8, 4) is 0 Å². The van der Waals surface area contributed by atoms with E-state index in [-0.39, 0.29) is 20.6 Å². The first kappa shape index (κ1) is 13.8. The van der Waals surface area contributed by atoms with Crippen molar-refractivity contribution in [1.29, 1.82) is 0 Å². The smallest absolute Gasteiger partial charge is 0.347 e. The monoisotopic (exact) mass is 318 g/mol. The van der Waals surface area contributed by atoms with Gasteiger partial charge in [0.25, 0.3) is 10.0 Å². The predicted octanol–water partition coefficient (Wildman–Crippen LogP) is 2.30. The lowest BCUT2D eigenvalue weighted by Crippen LogP contribution is -2.15. The van der Waals surface area contributed by atoms with Crippen molar-refractivity contribution in [2.75, 3.05) is 4.72 Å². The van der Waals surface area contributed by atoms with E-state index in [9.17, 15) is 13.2 Å². The quantitative estimate of drug-likeness (QED) is 0.843. The number of aromatic nitrogens is 1. The fourth-order valence-electron chi connectivity index (χ4n) is 1.31. The predicted molar refractivity (Wildman–Crippen MR) is 71.3 cm³/mol. The molecular formula is C10H7ClN2O4S2. The maximum atomic E-state index is 12.0. The number of halogens is 1. The Morgan fingerprint density at radius 2 is 2.11 bits per heavy atom. The van der Waals surface area contributed by atoms with Crippen LogP contribution < -0.4 is 4.72 Å². The van der Waals surface area contributed by atoms with Gasteiger partial charge in [-0.2, -0.15) is 0 Å². The molecule has 0 aliphatic rings. The van der Waals surface area contributed by atoms with Crippen molar-refractivity contribution >= 4 is 44.6 Å². The molecule has 2 aromatic heterocycles. The Balaban J connectivity index is 2.35. The van der Waals surface area contributed by atoms with Crippen LogP contribution >= 0.6 is 22.9 Å².